The number of likely N-dealkylation sites (tertiary alicyclic amines) is 1. The van der Waals surface area contributed by atoms with Crippen molar-refractivity contribution in [2.45, 2.75) is 44.7 Å². The molecule has 0 radical (unpaired) electrons. The van der Waals surface area contributed by atoms with Gasteiger partial charge in [-0.15, -0.1) is 12.4 Å². The number of hydrogen-bond donors (Lipinski definition) is 1. The second-order valence-corrected chi connectivity index (χ2v) is 5.99. The summed E-state index contributed by atoms with van der Waals surface area (Å²) in [6.45, 7) is 6.09. The summed E-state index contributed by atoms with van der Waals surface area (Å²) < 4.78 is 0. The standard InChI is InChI=1S/C12H24N2S.ClH/c1-2-15-10-12-4-3-9-14(12)11-5-7-13-8-6-11;/h11-13H,2-10H2,1H3;1H. The fourth-order valence-electron chi connectivity index (χ4n) is 2.91. The van der Waals surface area contributed by atoms with Crippen LogP contribution in [0.1, 0.15) is 32.6 Å². The minimum absolute atomic E-state index is 0. The predicted molar refractivity (Wildman–Crippen MR) is 75.9 cm³/mol. The maximum atomic E-state index is 3.46. The zero-order valence-corrected chi connectivity index (χ0v) is 11.9. The Hall–Kier alpha value is 0.560. The number of nitrogens with one attached hydrogen (secondary N) is 1. The largest absolute Gasteiger partial charge is 0.317 e. The predicted octanol–water partition coefficient (Wildman–Crippen LogP) is 2.38. The van der Waals surface area contributed by atoms with Crippen molar-refractivity contribution in [3.8, 4) is 0 Å². The molecule has 0 spiro atoms. The number of halogens is 1. The van der Waals surface area contributed by atoms with E-state index in [1.165, 1.54) is 56.8 Å². The summed E-state index contributed by atoms with van der Waals surface area (Å²) in [6, 6.07) is 1.77. The fraction of sp³-hybridized carbons (Fsp3) is 1.00. The highest BCUT2D eigenvalue weighted by atomic mass is 35.5. The Morgan fingerprint density at radius 1 is 1.25 bits per heavy atom. The topological polar surface area (TPSA) is 15.3 Å². The summed E-state index contributed by atoms with van der Waals surface area (Å²) in [4.78, 5) is 2.81. The number of nitrogens with zero attached hydrogens (tertiary/aromatic N) is 1. The number of hydrogen-bond acceptors (Lipinski definition) is 3. The van der Waals surface area contributed by atoms with Gasteiger partial charge in [0.15, 0.2) is 0 Å². The van der Waals surface area contributed by atoms with Crippen LogP contribution in [0.15, 0.2) is 0 Å². The van der Waals surface area contributed by atoms with Crippen molar-refractivity contribution in [2.24, 2.45) is 0 Å². The van der Waals surface area contributed by atoms with E-state index in [2.05, 4.69) is 28.9 Å². The van der Waals surface area contributed by atoms with E-state index in [-0.39, 0.29) is 12.4 Å². The van der Waals surface area contributed by atoms with Gasteiger partial charge in [0.25, 0.3) is 0 Å². The first kappa shape index (κ1) is 14.6. The van der Waals surface area contributed by atoms with Gasteiger partial charge in [-0.25, -0.2) is 0 Å². The lowest BCUT2D eigenvalue weighted by Crippen LogP contribution is -2.46. The normalized spacial score (nSPS) is 27.9. The maximum absolute atomic E-state index is 3.46. The van der Waals surface area contributed by atoms with Gasteiger partial charge in [0.2, 0.25) is 0 Å². The van der Waals surface area contributed by atoms with E-state index >= 15 is 0 Å². The molecular formula is C12H25ClN2S. The first-order valence-corrected chi connectivity index (χ1v) is 7.61. The summed E-state index contributed by atoms with van der Waals surface area (Å²) in [7, 11) is 0. The molecule has 0 aromatic heterocycles. The summed E-state index contributed by atoms with van der Waals surface area (Å²) in [5.41, 5.74) is 0. The van der Waals surface area contributed by atoms with Crippen LogP contribution in [0.4, 0.5) is 0 Å². The third-order valence-electron chi connectivity index (χ3n) is 3.71. The SMILES string of the molecule is CCSCC1CCCN1C1CCNCC1.Cl. The lowest BCUT2D eigenvalue weighted by molar-refractivity contribution is 0.158. The molecule has 0 bridgehead atoms. The fourth-order valence-corrected chi connectivity index (χ4v) is 3.78. The number of thioether (sulfide) groups is 1. The van der Waals surface area contributed by atoms with Crippen molar-refractivity contribution < 1.29 is 0 Å². The maximum Gasteiger partial charge on any atom is 0.0189 e. The van der Waals surface area contributed by atoms with Gasteiger partial charge in [-0.2, -0.15) is 11.8 Å². The van der Waals surface area contributed by atoms with Crippen LogP contribution in [0.2, 0.25) is 0 Å². The highest BCUT2D eigenvalue weighted by Crippen LogP contribution is 2.26. The van der Waals surface area contributed by atoms with Gasteiger partial charge in [-0.3, -0.25) is 4.90 Å². The van der Waals surface area contributed by atoms with Gasteiger partial charge in [0.1, 0.15) is 0 Å². The molecule has 16 heavy (non-hydrogen) atoms. The second kappa shape index (κ2) is 7.80. The van der Waals surface area contributed by atoms with E-state index < -0.39 is 0 Å². The zero-order valence-electron chi connectivity index (χ0n) is 10.3. The van der Waals surface area contributed by atoms with E-state index in [4.69, 9.17) is 0 Å². The van der Waals surface area contributed by atoms with Crippen LogP contribution in [0, 0.1) is 0 Å². The molecule has 2 fully saturated rings. The first-order chi connectivity index (χ1) is 7.42. The van der Waals surface area contributed by atoms with Crippen LogP contribution < -0.4 is 5.32 Å². The molecule has 1 atom stereocenters. The summed E-state index contributed by atoms with van der Waals surface area (Å²) >= 11 is 2.12. The highest BCUT2D eigenvalue weighted by molar-refractivity contribution is 7.99. The van der Waals surface area contributed by atoms with Crippen LogP contribution in [0.25, 0.3) is 0 Å². The van der Waals surface area contributed by atoms with E-state index in [1.807, 2.05) is 0 Å². The van der Waals surface area contributed by atoms with Gasteiger partial charge in [-0.05, 0) is 51.1 Å². The molecule has 96 valence electrons. The smallest absolute Gasteiger partial charge is 0.0189 e. The highest BCUT2D eigenvalue weighted by Gasteiger charge is 2.30. The van der Waals surface area contributed by atoms with Gasteiger partial charge in [0.05, 0.1) is 0 Å². The lowest BCUT2D eigenvalue weighted by atomic mass is 10.0. The molecule has 2 nitrogen and oxygen atoms in total. The molecule has 2 aliphatic rings. The van der Waals surface area contributed by atoms with Crippen molar-refractivity contribution in [1.29, 1.82) is 0 Å². The Bertz CT molecular complexity index is 186. The van der Waals surface area contributed by atoms with Gasteiger partial charge < -0.3 is 5.32 Å². The van der Waals surface area contributed by atoms with E-state index in [9.17, 15) is 0 Å². The third-order valence-corrected chi connectivity index (χ3v) is 4.74. The molecule has 0 aromatic rings. The Morgan fingerprint density at radius 3 is 2.69 bits per heavy atom. The molecular weight excluding hydrogens is 240 g/mol. The zero-order chi connectivity index (χ0) is 10.5. The Balaban J connectivity index is 0.00000128. The Kier molecular flexibility index (Phi) is 7.13. The van der Waals surface area contributed by atoms with Crippen LogP contribution in [0.3, 0.4) is 0 Å². The number of piperidine rings is 1. The van der Waals surface area contributed by atoms with Crippen LogP contribution >= 0.6 is 24.2 Å². The molecule has 0 aromatic carbocycles. The number of rotatable bonds is 4. The molecule has 1 N–H and O–H groups in total. The molecule has 2 saturated heterocycles. The van der Waals surface area contributed by atoms with E-state index in [0.717, 1.165) is 12.1 Å². The Labute approximate surface area is 110 Å². The average Bonchev–Trinajstić information content (AvgIpc) is 2.75. The van der Waals surface area contributed by atoms with Crippen molar-refractivity contribution in [1.82, 2.24) is 10.2 Å². The van der Waals surface area contributed by atoms with E-state index in [1.54, 1.807) is 0 Å². The van der Waals surface area contributed by atoms with Gasteiger partial charge >= 0.3 is 0 Å². The van der Waals surface area contributed by atoms with E-state index in [0.29, 0.717) is 0 Å². The van der Waals surface area contributed by atoms with Crippen molar-refractivity contribution in [3.63, 3.8) is 0 Å². The van der Waals surface area contributed by atoms with Crippen molar-refractivity contribution >= 4 is 24.2 Å². The molecule has 0 amide bonds. The van der Waals surface area contributed by atoms with Crippen LogP contribution in [-0.2, 0) is 0 Å². The quantitative estimate of drug-likeness (QED) is 0.839. The van der Waals surface area contributed by atoms with Crippen LogP contribution in [0.5, 0.6) is 0 Å². The monoisotopic (exact) mass is 264 g/mol. The minimum atomic E-state index is 0. The second-order valence-electron chi connectivity index (χ2n) is 4.67. The molecule has 0 aliphatic carbocycles. The average molecular weight is 265 g/mol. The summed E-state index contributed by atoms with van der Waals surface area (Å²) in [5.74, 6) is 2.64. The van der Waals surface area contributed by atoms with Gasteiger partial charge in [0, 0.05) is 17.8 Å². The molecule has 4 heteroatoms. The molecule has 2 aliphatic heterocycles. The minimum Gasteiger partial charge on any atom is -0.317 e. The molecule has 1 unspecified atom stereocenters. The summed E-state index contributed by atoms with van der Waals surface area (Å²) in [5, 5.41) is 3.46. The molecule has 2 heterocycles. The third kappa shape index (κ3) is 3.80. The molecule has 2 rings (SSSR count). The summed E-state index contributed by atoms with van der Waals surface area (Å²) in [6.07, 6.45) is 5.61. The van der Waals surface area contributed by atoms with Gasteiger partial charge in [-0.1, -0.05) is 6.92 Å². The Morgan fingerprint density at radius 2 is 2.00 bits per heavy atom. The van der Waals surface area contributed by atoms with Crippen LogP contribution in [-0.4, -0.2) is 48.1 Å². The van der Waals surface area contributed by atoms with Crippen molar-refractivity contribution in [2.75, 3.05) is 31.1 Å². The molecule has 0 saturated carbocycles. The first-order valence-electron chi connectivity index (χ1n) is 6.46. The van der Waals surface area contributed by atoms with Crippen molar-refractivity contribution in [3.05, 3.63) is 0 Å². The lowest BCUT2D eigenvalue weighted by Gasteiger charge is -2.35.